The van der Waals surface area contributed by atoms with Crippen molar-refractivity contribution < 1.29 is 27.2 Å². The van der Waals surface area contributed by atoms with Crippen LogP contribution in [-0.4, -0.2) is 65.3 Å². The summed E-state index contributed by atoms with van der Waals surface area (Å²) in [5.41, 5.74) is 6.59. The number of aliphatic imine (C=N–C) groups is 1. The van der Waals surface area contributed by atoms with E-state index >= 15 is 0 Å². The molecule has 0 bridgehead atoms. The van der Waals surface area contributed by atoms with Crippen molar-refractivity contribution in [3.8, 4) is 0 Å². The Morgan fingerprint density at radius 3 is 1.93 bits per heavy atom. The topological polar surface area (TPSA) is 96.9 Å². The Morgan fingerprint density at radius 2 is 1.62 bits per heavy atom. The van der Waals surface area contributed by atoms with Crippen molar-refractivity contribution >= 4 is 21.6 Å². The normalized spacial score (nSPS) is 14.7. The highest BCUT2D eigenvalue weighted by Gasteiger charge is 2.22. The highest BCUT2D eigenvalue weighted by atomic mass is 32.2. The molecule has 4 N–H and O–H groups in total. The molecule has 0 saturated carbocycles. The van der Waals surface area contributed by atoms with Crippen LogP contribution in [0.1, 0.15) is 74.7 Å². The lowest BCUT2D eigenvalue weighted by Gasteiger charge is -2.21. The first kappa shape index (κ1) is 49.3. The zero-order chi connectivity index (χ0) is 34.4. The number of rotatable bonds is 14. The molecule has 0 aliphatic heterocycles. The van der Waals surface area contributed by atoms with Gasteiger partial charge in [0, 0.05) is 30.2 Å². The monoisotopic (exact) mass is 623 g/mol. The van der Waals surface area contributed by atoms with Crippen LogP contribution in [0, 0.1) is 0 Å². The van der Waals surface area contributed by atoms with Crippen molar-refractivity contribution in [1.82, 2.24) is 5.32 Å². The van der Waals surface area contributed by atoms with E-state index in [-0.39, 0.29) is 11.4 Å². The number of aliphatic hydroxyl groups excluding tert-OH is 1. The molecule has 0 spiro atoms. The zero-order valence-corrected chi connectivity index (χ0v) is 28.4. The quantitative estimate of drug-likeness (QED) is 0.0459. The van der Waals surface area contributed by atoms with Crippen LogP contribution in [0.3, 0.4) is 0 Å². The Labute approximate surface area is 256 Å². The Hall–Kier alpha value is -2.40. The van der Waals surface area contributed by atoms with Gasteiger partial charge in [-0.2, -0.15) is 13.2 Å². The van der Waals surface area contributed by atoms with Gasteiger partial charge >= 0.3 is 6.18 Å². The average molecular weight is 624 g/mol. The summed E-state index contributed by atoms with van der Waals surface area (Å²) >= 11 is 0. The number of nitrogens with one attached hydrogen (secondary N) is 1. The number of hydrogen-bond acceptors (Lipinski definition) is 6. The molecule has 0 aromatic carbocycles. The van der Waals surface area contributed by atoms with Crippen molar-refractivity contribution in [2.45, 2.75) is 98.4 Å². The lowest BCUT2D eigenvalue weighted by molar-refractivity contribution is -0.130. The molecule has 0 heterocycles. The standard InChI is InChI=1S/C22H38N2O3S.C3H5F3.C3H7N.C2H6.C2H4/c1-8-11-21(27-17(4)5)22(25)24-16-18(6)12-13-19(9-2)28(7,26)20(10-3)14-15-23;1-2-3(4,5)6;1-3-4-2;2*1-2/h8-9,11-13,17,20,22,24-25H,1-2,7,10,14-16,23H2,3-6H3;2H2,1H3;3H,1-2H3;1-2H3;1-2H2/b18-12+,19-13+,21-11-;;;;. The highest BCUT2D eigenvalue weighted by molar-refractivity contribution is 8.04. The van der Waals surface area contributed by atoms with E-state index in [1.54, 1.807) is 37.6 Å². The molecule has 248 valence electrons. The summed E-state index contributed by atoms with van der Waals surface area (Å²) in [5.74, 6) is 4.38. The van der Waals surface area contributed by atoms with Crippen LogP contribution in [0.15, 0.2) is 77.9 Å². The van der Waals surface area contributed by atoms with Crippen LogP contribution < -0.4 is 11.1 Å². The van der Waals surface area contributed by atoms with Crippen LogP contribution in [0.5, 0.6) is 0 Å². The van der Waals surface area contributed by atoms with Crippen LogP contribution in [0.25, 0.3) is 0 Å². The fraction of sp³-hybridized carbons (Fsp3) is 0.562. The maximum Gasteiger partial charge on any atom is 0.388 e. The predicted octanol–water partition coefficient (Wildman–Crippen LogP) is 7.74. The van der Waals surface area contributed by atoms with E-state index in [4.69, 9.17) is 10.5 Å². The molecular formula is C32H60F3N3O3S. The maximum atomic E-state index is 13.2. The molecule has 0 aliphatic carbocycles. The number of aliphatic hydroxyl groups is 1. The molecule has 10 heteroatoms. The summed E-state index contributed by atoms with van der Waals surface area (Å²) in [6, 6.07) is 0. The molecule has 6 nitrogen and oxygen atoms in total. The van der Waals surface area contributed by atoms with E-state index in [2.05, 4.69) is 42.5 Å². The minimum absolute atomic E-state index is 0.0531. The lowest BCUT2D eigenvalue weighted by Crippen LogP contribution is -2.33. The molecule has 0 aliphatic rings. The van der Waals surface area contributed by atoms with Gasteiger partial charge in [-0.15, -0.1) is 13.2 Å². The first-order valence-corrected chi connectivity index (χ1v) is 15.8. The van der Waals surface area contributed by atoms with Gasteiger partial charge in [0.2, 0.25) is 0 Å². The summed E-state index contributed by atoms with van der Waals surface area (Å²) in [6.07, 6.45) is 5.92. The molecular weight excluding hydrogens is 563 g/mol. The summed E-state index contributed by atoms with van der Waals surface area (Å²) in [7, 11) is -0.728. The van der Waals surface area contributed by atoms with Crippen molar-refractivity contribution in [2.24, 2.45) is 10.7 Å². The minimum Gasteiger partial charge on any atom is -0.491 e. The van der Waals surface area contributed by atoms with Gasteiger partial charge in [0.1, 0.15) is 5.76 Å². The molecule has 0 amide bonds. The van der Waals surface area contributed by atoms with Crippen LogP contribution in [-0.2, 0) is 14.3 Å². The third-order valence-electron chi connectivity index (χ3n) is 4.77. The zero-order valence-electron chi connectivity index (χ0n) is 27.6. The van der Waals surface area contributed by atoms with Crippen LogP contribution in [0.4, 0.5) is 13.2 Å². The molecule has 0 radical (unpaired) electrons. The Bertz CT molecular complexity index is 888. The number of nitrogens with two attached hydrogens (primary N) is 1. The van der Waals surface area contributed by atoms with Crippen molar-refractivity contribution in [2.75, 3.05) is 20.1 Å². The van der Waals surface area contributed by atoms with Gasteiger partial charge in [-0.3, -0.25) is 9.53 Å². The number of allylic oxidation sites excluding steroid dienone is 5. The fourth-order valence-corrected chi connectivity index (χ4v) is 4.61. The summed E-state index contributed by atoms with van der Waals surface area (Å²) in [5, 5.41) is 13.2. The van der Waals surface area contributed by atoms with Gasteiger partial charge in [0.05, 0.1) is 6.10 Å². The van der Waals surface area contributed by atoms with Crippen molar-refractivity contribution in [1.29, 1.82) is 0 Å². The SMILES string of the molecule is C=C.C=C/C=C(\OC(C)C)C(O)NC/C(C)=C/C=C(\C=C)S(=C)(=O)C(CC)CCN.CC.CC=NC.CCC(F)(F)F. The first-order chi connectivity index (χ1) is 19.6. The molecule has 0 aromatic heterocycles. The number of halogens is 3. The predicted molar refractivity (Wildman–Crippen MR) is 183 cm³/mol. The van der Waals surface area contributed by atoms with Crippen LogP contribution in [0.2, 0.25) is 0 Å². The van der Waals surface area contributed by atoms with Gasteiger partial charge in [0.25, 0.3) is 0 Å². The Kier molecular flexibility index (Phi) is 37.0. The molecule has 0 saturated heterocycles. The summed E-state index contributed by atoms with van der Waals surface area (Å²) in [4.78, 5) is 4.23. The second-order valence-electron chi connectivity index (χ2n) is 8.36. The second-order valence-corrected chi connectivity index (χ2v) is 11.0. The van der Waals surface area contributed by atoms with Gasteiger partial charge in [-0.05, 0) is 80.8 Å². The van der Waals surface area contributed by atoms with Gasteiger partial charge in [-0.1, -0.05) is 64.7 Å². The van der Waals surface area contributed by atoms with Gasteiger partial charge in [-0.25, -0.2) is 0 Å². The number of hydrogen-bond donors (Lipinski definition) is 3. The van der Waals surface area contributed by atoms with E-state index < -0.39 is 28.3 Å². The van der Waals surface area contributed by atoms with E-state index in [1.807, 2.05) is 54.5 Å². The molecule has 3 unspecified atom stereocenters. The number of ether oxygens (including phenoxy) is 1. The van der Waals surface area contributed by atoms with E-state index in [9.17, 15) is 22.5 Å². The first-order valence-electron chi connectivity index (χ1n) is 14.0. The second kappa shape index (κ2) is 31.5. The Balaban J connectivity index is -0.000000271. The van der Waals surface area contributed by atoms with E-state index in [1.165, 1.54) is 0 Å². The van der Waals surface area contributed by atoms with Crippen molar-refractivity contribution in [3.05, 3.63) is 72.9 Å². The summed E-state index contributed by atoms with van der Waals surface area (Å²) < 4.78 is 51.1. The minimum atomic E-state index is -3.96. The lowest BCUT2D eigenvalue weighted by atomic mass is 10.2. The van der Waals surface area contributed by atoms with Crippen LogP contribution >= 0.6 is 0 Å². The third kappa shape index (κ3) is 29.1. The summed E-state index contributed by atoms with van der Waals surface area (Å²) in [6.45, 7) is 29.0. The molecule has 3 atom stereocenters. The molecule has 0 aromatic rings. The fourth-order valence-electron chi connectivity index (χ4n) is 2.59. The third-order valence-corrected chi connectivity index (χ3v) is 7.52. The smallest absolute Gasteiger partial charge is 0.388 e. The maximum absolute atomic E-state index is 13.2. The Morgan fingerprint density at radius 1 is 1.14 bits per heavy atom. The van der Waals surface area contributed by atoms with Crippen molar-refractivity contribution in [3.63, 3.8) is 0 Å². The highest BCUT2D eigenvalue weighted by Crippen LogP contribution is 2.20. The largest absolute Gasteiger partial charge is 0.491 e. The van der Waals surface area contributed by atoms with Gasteiger partial charge < -0.3 is 20.6 Å². The molecule has 0 rings (SSSR count). The molecule has 0 fully saturated rings. The molecule has 42 heavy (non-hydrogen) atoms. The van der Waals surface area contributed by atoms with Gasteiger partial charge in [0.15, 0.2) is 6.23 Å². The number of alkyl halides is 3. The number of nitrogens with zero attached hydrogens (tertiary/aromatic N) is 1. The van der Waals surface area contributed by atoms with E-state index in [0.29, 0.717) is 30.2 Å². The average Bonchev–Trinajstić information content (AvgIpc) is 2.96. The van der Waals surface area contributed by atoms with E-state index in [0.717, 1.165) is 18.9 Å².